The number of rotatable bonds is 3. The third-order valence-electron chi connectivity index (χ3n) is 7.56. The molecule has 5 rings (SSSR count). The summed E-state index contributed by atoms with van der Waals surface area (Å²) in [4.78, 5) is 25.0. The van der Waals surface area contributed by atoms with Crippen LogP contribution < -0.4 is 9.64 Å². The van der Waals surface area contributed by atoms with Crippen LogP contribution in [0, 0.1) is 34.6 Å². The fraction of sp³-hybridized carbons (Fsp3) is 0.414. The minimum Gasteiger partial charge on any atom is -0.486 e. The van der Waals surface area contributed by atoms with Gasteiger partial charge in [-0.1, -0.05) is 35.9 Å². The summed E-state index contributed by atoms with van der Waals surface area (Å²) in [6.07, 6.45) is 2.87. The molecule has 176 valence electrons. The number of ketones is 1. The second kappa shape index (κ2) is 8.53. The number of fused-ring (bicyclic) bond motifs is 1. The number of piperidine rings is 1. The minimum atomic E-state index is -0.423. The van der Waals surface area contributed by atoms with Gasteiger partial charge in [-0.25, -0.2) is 9.97 Å². The van der Waals surface area contributed by atoms with Gasteiger partial charge in [0.05, 0.1) is 12.0 Å². The Hall–Kier alpha value is -3.21. The van der Waals surface area contributed by atoms with Crippen LogP contribution in [0.25, 0.3) is 0 Å². The van der Waals surface area contributed by atoms with Crippen molar-refractivity contribution in [3.63, 3.8) is 0 Å². The summed E-state index contributed by atoms with van der Waals surface area (Å²) in [5.41, 5.74) is 7.29. The van der Waals surface area contributed by atoms with Gasteiger partial charge in [-0.3, -0.25) is 4.79 Å². The highest BCUT2D eigenvalue weighted by Crippen LogP contribution is 2.42. The highest BCUT2D eigenvalue weighted by molar-refractivity contribution is 6.01. The van der Waals surface area contributed by atoms with Gasteiger partial charge in [0.2, 0.25) is 0 Å². The zero-order chi connectivity index (χ0) is 24.0. The largest absolute Gasteiger partial charge is 0.486 e. The topological polar surface area (TPSA) is 55.3 Å². The summed E-state index contributed by atoms with van der Waals surface area (Å²) >= 11 is 0. The van der Waals surface area contributed by atoms with Crippen molar-refractivity contribution < 1.29 is 9.53 Å². The number of carbonyl (C=O) groups is 1. The van der Waals surface area contributed by atoms with Gasteiger partial charge in [0, 0.05) is 43.6 Å². The molecule has 0 amide bonds. The molecule has 0 N–H and O–H groups in total. The van der Waals surface area contributed by atoms with E-state index in [-0.39, 0.29) is 5.78 Å². The Labute approximate surface area is 202 Å². The minimum absolute atomic E-state index is 0.201. The SMILES string of the molecule is Cc1ccc(Cc2c(C)nc(C)nc2N2CCC3(CC2)CC(=O)c2ccc(C)c(C)c2O3)cc1. The summed E-state index contributed by atoms with van der Waals surface area (Å²) in [5.74, 6) is 2.81. The van der Waals surface area contributed by atoms with Crippen LogP contribution >= 0.6 is 0 Å². The van der Waals surface area contributed by atoms with E-state index in [2.05, 4.69) is 61.8 Å². The Balaban J connectivity index is 1.40. The Morgan fingerprint density at radius 3 is 2.35 bits per heavy atom. The van der Waals surface area contributed by atoms with E-state index < -0.39 is 5.60 Å². The first-order chi connectivity index (χ1) is 16.2. The number of hydrogen-bond donors (Lipinski definition) is 0. The lowest BCUT2D eigenvalue weighted by Crippen LogP contribution is -2.51. The van der Waals surface area contributed by atoms with E-state index in [1.807, 2.05) is 19.1 Å². The van der Waals surface area contributed by atoms with Crippen LogP contribution in [-0.4, -0.2) is 34.4 Å². The summed E-state index contributed by atoms with van der Waals surface area (Å²) in [7, 11) is 0. The smallest absolute Gasteiger partial charge is 0.170 e. The number of nitrogens with zero attached hydrogens (tertiary/aromatic N) is 3. The molecule has 0 bridgehead atoms. The van der Waals surface area contributed by atoms with Crippen LogP contribution in [0.4, 0.5) is 5.82 Å². The highest BCUT2D eigenvalue weighted by atomic mass is 16.5. The third kappa shape index (κ3) is 4.08. The fourth-order valence-corrected chi connectivity index (χ4v) is 5.28. The van der Waals surface area contributed by atoms with E-state index in [9.17, 15) is 4.79 Å². The van der Waals surface area contributed by atoms with Crippen molar-refractivity contribution in [3.05, 3.63) is 81.3 Å². The standard InChI is InChI=1S/C29H33N3O2/c1-18-6-9-23(10-7-18)16-25-21(4)30-22(5)31-28(25)32-14-12-29(13-15-32)17-26(33)24-11-8-19(2)20(3)27(24)34-29/h6-11H,12-17H2,1-5H3. The molecule has 2 aliphatic heterocycles. The van der Waals surface area contributed by atoms with Crippen molar-refractivity contribution in [1.29, 1.82) is 0 Å². The summed E-state index contributed by atoms with van der Waals surface area (Å²) in [6, 6.07) is 12.6. The molecule has 0 aliphatic carbocycles. The van der Waals surface area contributed by atoms with E-state index in [0.29, 0.717) is 6.42 Å². The van der Waals surface area contributed by atoms with E-state index >= 15 is 0 Å². The average Bonchev–Trinajstić information content (AvgIpc) is 2.80. The van der Waals surface area contributed by atoms with Gasteiger partial charge in [-0.2, -0.15) is 0 Å². The van der Waals surface area contributed by atoms with Crippen molar-refractivity contribution in [2.24, 2.45) is 0 Å². The van der Waals surface area contributed by atoms with Crippen molar-refractivity contribution in [3.8, 4) is 5.75 Å². The predicted octanol–water partition coefficient (Wildman–Crippen LogP) is 5.61. The molecular weight excluding hydrogens is 422 g/mol. The number of anilines is 1. The number of benzene rings is 2. The molecule has 1 fully saturated rings. The molecule has 0 unspecified atom stereocenters. The molecule has 1 aromatic heterocycles. The zero-order valence-electron chi connectivity index (χ0n) is 20.9. The normalized spacial score (nSPS) is 17.0. The number of aryl methyl sites for hydroxylation is 4. The summed E-state index contributed by atoms with van der Waals surface area (Å²) in [6.45, 7) is 11.9. The lowest BCUT2D eigenvalue weighted by Gasteiger charge is -2.45. The lowest BCUT2D eigenvalue weighted by atomic mass is 9.81. The number of ether oxygens (including phenoxy) is 1. The number of Topliss-reactive ketones (excluding diaryl/α,β-unsaturated/α-hetero) is 1. The second-order valence-corrected chi connectivity index (χ2v) is 10.1. The average molecular weight is 456 g/mol. The molecule has 3 aromatic rings. The number of aromatic nitrogens is 2. The second-order valence-electron chi connectivity index (χ2n) is 10.1. The monoisotopic (exact) mass is 455 g/mol. The molecule has 5 nitrogen and oxygen atoms in total. The molecule has 5 heteroatoms. The molecule has 0 saturated carbocycles. The van der Waals surface area contributed by atoms with E-state index in [1.54, 1.807) is 0 Å². The van der Waals surface area contributed by atoms with Crippen LogP contribution in [0.1, 0.15) is 69.0 Å². The maximum Gasteiger partial charge on any atom is 0.170 e. The van der Waals surface area contributed by atoms with Gasteiger partial charge in [0.1, 0.15) is 23.0 Å². The first-order valence-electron chi connectivity index (χ1n) is 12.2. The van der Waals surface area contributed by atoms with Gasteiger partial charge in [-0.05, 0) is 57.4 Å². The van der Waals surface area contributed by atoms with Crippen molar-refractivity contribution in [2.75, 3.05) is 18.0 Å². The molecule has 3 heterocycles. The first kappa shape index (κ1) is 22.6. The molecule has 34 heavy (non-hydrogen) atoms. The molecule has 1 spiro atoms. The summed E-state index contributed by atoms with van der Waals surface area (Å²) in [5, 5.41) is 0. The number of carbonyl (C=O) groups excluding carboxylic acids is 1. The van der Waals surface area contributed by atoms with Crippen molar-refractivity contribution in [2.45, 2.75) is 65.9 Å². The molecule has 1 saturated heterocycles. The van der Waals surface area contributed by atoms with Gasteiger partial charge >= 0.3 is 0 Å². The van der Waals surface area contributed by atoms with Crippen LogP contribution in [0.2, 0.25) is 0 Å². The summed E-state index contributed by atoms with van der Waals surface area (Å²) < 4.78 is 6.63. The number of hydrogen-bond acceptors (Lipinski definition) is 5. The maximum atomic E-state index is 13.0. The van der Waals surface area contributed by atoms with Gasteiger partial charge < -0.3 is 9.64 Å². The van der Waals surface area contributed by atoms with Gasteiger partial charge in [0.25, 0.3) is 0 Å². The van der Waals surface area contributed by atoms with E-state index in [0.717, 1.165) is 72.1 Å². The van der Waals surface area contributed by atoms with Gasteiger partial charge in [-0.15, -0.1) is 0 Å². The van der Waals surface area contributed by atoms with Crippen LogP contribution in [-0.2, 0) is 6.42 Å². The first-order valence-corrected chi connectivity index (χ1v) is 12.2. The molecule has 0 radical (unpaired) electrons. The Morgan fingerprint density at radius 2 is 1.65 bits per heavy atom. The van der Waals surface area contributed by atoms with Crippen molar-refractivity contribution >= 4 is 11.6 Å². The highest BCUT2D eigenvalue weighted by Gasteiger charge is 2.44. The van der Waals surface area contributed by atoms with E-state index in [4.69, 9.17) is 9.72 Å². The molecular formula is C29H33N3O2. The van der Waals surface area contributed by atoms with Crippen molar-refractivity contribution in [1.82, 2.24) is 9.97 Å². The third-order valence-corrected chi connectivity index (χ3v) is 7.56. The van der Waals surface area contributed by atoms with Crippen LogP contribution in [0.5, 0.6) is 5.75 Å². The van der Waals surface area contributed by atoms with Gasteiger partial charge in [0.15, 0.2) is 5.78 Å². The molecule has 0 atom stereocenters. The Morgan fingerprint density at radius 1 is 0.941 bits per heavy atom. The molecule has 2 aliphatic rings. The maximum absolute atomic E-state index is 13.0. The molecule has 2 aromatic carbocycles. The Kier molecular flexibility index (Phi) is 5.67. The predicted molar refractivity (Wildman–Crippen MR) is 135 cm³/mol. The van der Waals surface area contributed by atoms with E-state index in [1.165, 1.54) is 16.7 Å². The quantitative estimate of drug-likeness (QED) is 0.513. The zero-order valence-corrected chi connectivity index (χ0v) is 20.9. The van der Waals surface area contributed by atoms with Crippen LogP contribution in [0.3, 0.4) is 0 Å². The van der Waals surface area contributed by atoms with Crippen LogP contribution in [0.15, 0.2) is 36.4 Å². The fourth-order valence-electron chi connectivity index (χ4n) is 5.28. The Bertz CT molecular complexity index is 1260. The lowest BCUT2D eigenvalue weighted by molar-refractivity contribution is 0.0224.